The summed E-state index contributed by atoms with van der Waals surface area (Å²) in [5, 5.41) is 12.0. The van der Waals surface area contributed by atoms with E-state index in [0.29, 0.717) is 10.2 Å². The molecule has 0 amide bonds. The fraction of sp³-hybridized carbons (Fsp3) is 0.214. The Morgan fingerprint density at radius 3 is 2.45 bits per heavy atom. The minimum absolute atomic E-state index is 0.163. The summed E-state index contributed by atoms with van der Waals surface area (Å²) in [5.74, 6) is -1.22. The summed E-state index contributed by atoms with van der Waals surface area (Å²) in [6, 6.07) is 5.16. The number of hydrogen-bond acceptors (Lipinski definition) is 7. The highest BCUT2D eigenvalue weighted by atomic mass is 79.9. The van der Waals surface area contributed by atoms with Gasteiger partial charge in [0.1, 0.15) is 17.3 Å². The van der Waals surface area contributed by atoms with Crippen molar-refractivity contribution in [3.63, 3.8) is 0 Å². The number of anilines is 1. The van der Waals surface area contributed by atoms with Gasteiger partial charge in [-0.25, -0.2) is 9.59 Å². The molecule has 1 rings (SSSR count). The molecule has 0 bridgehead atoms. The van der Waals surface area contributed by atoms with E-state index in [1.165, 1.54) is 21.3 Å². The molecule has 1 aromatic carbocycles. The molecular formula is C14H13BrN2O5. The minimum Gasteiger partial charge on any atom is -0.494 e. The normalized spacial score (nSPS) is 10.4. The van der Waals surface area contributed by atoms with E-state index in [-0.39, 0.29) is 16.9 Å². The van der Waals surface area contributed by atoms with Gasteiger partial charge in [-0.2, -0.15) is 5.26 Å². The molecule has 22 heavy (non-hydrogen) atoms. The average molecular weight is 369 g/mol. The molecule has 0 aliphatic heterocycles. The molecule has 0 aliphatic carbocycles. The lowest BCUT2D eigenvalue weighted by atomic mass is 10.1. The molecule has 7 nitrogen and oxygen atoms in total. The maximum Gasteiger partial charge on any atom is 0.354 e. The van der Waals surface area contributed by atoms with E-state index in [4.69, 9.17) is 4.74 Å². The number of esters is 2. The second-order valence-electron chi connectivity index (χ2n) is 3.81. The van der Waals surface area contributed by atoms with Crippen molar-refractivity contribution in [2.45, 2.75) is 0 Å². The average Bonchev–Trinajstić information content (AvgIpc) is 2.53. The Balaban J connectivity index is 3.31. The van der Waals surface area contributed by atoms with Crippen molar-refractivity contribution in [3.05, 3.63) is 33.9 Å². The number of carbonyl (C=O) groups is 2. The molecule has 0 saturated heterocycles. The van der Waals surface area contributed by atoms with Gasteiger partial charge in [-0.15, -0.1) is 0 Å². The van der Waals surface area contributed by atoms with Gasteiger partial charge in [0.15, 0.2) is 5.75 Å². The molecule has 116 valence electrons. The van der Waals surface area contributed by atoms with Gasteiger partial charge in [-0.1, -0.05) is 0 Å². The van der Waals surface area contributed by atoms with Crippen molar-refractivity contribution in [1.82, 2.24) is 0 Å². The van der Waals surface area contributed by atoms with Gasteiger partial charge in [0.25, 0.3) is 0 Å². The monoisotopic (exact) mass is 368 g/mol. The van der Waals surface area contributed by atoms with Gasteiger partial charge in [0.2, 0.25) is 0 Å². The van der Waals surface area contributed by atoms with Gasteiger partial charge in [-0.05, 0) is 28.1 Å². The Morgan fingerprint density at radius 1 is 1.27 bits per heavy atom. The van der Waals surface area contributed by atoms with Crippen LogP contribution in [0.3, 0.4) is 0 Å². The molecule has 0 saturated carbocycles. The van der Waals surface area contributed by atoms with Crippen LogP contribution in [0.15, 0.2) is 28.4 Å². The number of nitrogens with one attached hydrogen (secondary N) is 1. The van der Waals surface area contributed by atoms with Crippen LogP contribution >= 0.6 is 15.9 Å². The van der Waals surface area contributed by atoms with Crippen molar-refractivity contribution < 1.29 is 23.8 Å². The predicted octanol–water partition coefficient (Wildman–Crippen LogP) is 1.97. The highest BCUT2D eigenvalue weighted by Crippen LogP contribution is 2.34. The summed E-state index contributed by atoms with van der Waals surface area (Å²) in [7, 11) is 3.76. The summed E-state index contributed by atoms with van der Waals surface area (Å²) < 4.78 is 14.8. The molecule has 0 fully saturated rings. The van der Waals surface area contributed by atoms with Crippen LogP contribution in [-0.2, 0) is 19.1 Å². The summed E-state index contributed by atoms with van der Waals surface area (Å²) in [6.45, 7) is 0. The third-order valence-corrected chi connectivity index (χ3v) is 3.19. The predicted molar refractivity (Wildman–Crippen MR) is 81.1 cm³/mol. The molecule has 0 aromatic heterocycles. The maximum atomic E-state index is 11.7. The molecule has 0 atom stereocenters. The van der Waals surface area contributed by atoms with Crippen LogP contribution in [0.4, 0.5) is 5.69 Å². The number of hydrogen-bond donors (Lipinski definition) is 1. The minimum atomic E-state index is -0.781. The molecule has 1 aromatic rings. The van der Waals surface area contributed by atoms with E-state index >= 15 is 0 Å². The highest BCUT2D eigenvalue weighted by molar-refractivity contribution is 9.10. The SMILES string of the molecule is COC(=O)/C=C(/Nc1ccc(Br)c(OC)c1C#N)C(=O)OC. The first kappa shape index (κ1) is 17.5. The van der Waals surface area contributed by atoms with E-state index in [0.717, 1.165) is 6.08 Å². The zero-order valence-corrected chi connectivity index (χ0v) is 13.7. The first-order valence-corrected chi connectivity index (χ1v) is 6.69. The summed E-state index contributed by atoms with van der Waals surface area (Å²) in [4.78, 5) is 23.0. The molecule has 0 heterocycles. The van der Waals surface area contributed by atoms with Crippen LogP contribution in [0.2, 0.25) is 0 Å². The van der Waals surface area contributed by atoms with Crippen LogP contribution < -0.4 is 10.1 Å². The van der Waals surface area contributed by atoms with Crippen LogP contribution in [-0.4, -0.2) is 33.3 Å². The topological polar surface area (TPSA) is 97.6 Å². The third kappa shape index (κ3) is 3.99. The Bertz CT molecular complexity index is 664. The van der Waals surface area contributed by atoms with Gasteiger partial charge in [0, 0.05) is 0 Å². The first-order valence-electron chi connectivity index (χ1n) is 5.90. The summed E-state index contributed by atoms with van der Waals surface area (Å²) in [6.07, 6.45) is 0.932. The molecule has 8 heteroatoms. The van der Waals surface area contributed by atoms with Crippen molar-refractivity contribution in [2.24, 2.45) is 0 Å². The number of carbonyl (C=O) groups excluding carboxylic acids is 2. The van der Waals surface area contributed by atoms with E-state index < -0.39 is 11.9 Å². The smallest absolute Gasteiger partial charge is 0.354 e. The summed E-state index contributed by atoms with van der Waals surface area (Å²) >= 11 is 3.26. The van der Waals surface area contributed by atoms with E-state index in [2.05, 4.69) is 30.7 Å². The fourth-order valence-electron chi connectivity index (χ4n) is 1.55. The zero-order chi connectivity index (χ0) is 16.7. The third-order valence-electron chi connectivity index (χ3n) is 2.56. The lowest BCUT2D eigenvalue weighted by Crippen LogP contribution is -2.16. The number of nitriles is 1. The lowest BCUT2D eigenvalue weighted by Gasteiger charge is -2.13. The molecular weight excluding hydrogens is 356 g/mol. The van der Waals surface area contributed by atoms with Gasteiger partial charge in [0.05, 0.1) is 37.6 Å². The van der Waals surface area contributed by atoms with Gasteiger partial charge >= 0.3 is 11.9 Å². The molecule has 0 aliphatic rings. The number of nitrogens with zero attached hydrogens (tertiary/aromatic N) is 1. The second kappa shape index (κ2) is 8.05. The zero-order valence-electron chi connectivity index (χ0n) is 12.1. The number of halogens is 1. The molecule has 1 N–H and O–H groups in total. The van der Waals surface area contributed by atoms with Gasteiger partial charge in [-0.3, -0.25) is 0 Å². The Kier molecular flexibility index (Phi) is 6.41. The Morgan fingerprint density at radius 2 is 1.95 bits per heavy atom. The number of ether oxygens (including phenoxy) is 3. The standard InChI is InChI=1S/C14H13BrN2O5/c1-20-12(18)6-11(14(19)22-3)17-10-5-4-9(15)13(21-2)8(10)7-16/h4-6,17H,1-3H3/b11-6+. The van der Waals surface area contributed by atoms with E-state index in [1.54, 1.807) is 12.1 Å². The van der Waals surface area contributed by atoms with Crippen LogP contribution in [0, 0.1) is 11.3 Å². The van der Waals surface area contributed by atoms with Crippen molar-refractivity contribution in [2.75, 3.05) is 26.6 Å². The van der Waals surface area contributed by atoms with Crippen LogP contribution in [0.25, 0.3) is 0 Å². The maximum absolute atomic E-state index is 11.7. The quantitative estimate of drug-likeness (QED) is 0.626. The first-order chi connectivity index (χ1) is 10.5. The fourth-order valence-corrected chi connectivity index (χ4v) is 2.04. The van der Waals surface area contributed by atoms with Crippen LogP contribution in [0.1, 0.15) is 5.56 Å². The second-order valence-corrected chi connectivity index (χ2v) is 4.67. The van der Waals surface area contributed by atoms with Crippen molar-refractivity contribution >= 4 is 33.6 Å². The van der Waals surface area contributed by atoms with Gasteiger partial charge < -0.3 is 19.5 Å². The van der Waals surface area contributed by atoms with Crippen molar-refractivity contribution in [3.8, 4) is 11.8 Å². The molecule has 0 unspecified atom stereocenters. The molecule has 0 radical (unpaired) electrons. The number of rotatable bonds is 5. The largest absolute Gasteiger partial charge is 0.494 e. The van der Waals surface area contributed by atoms with Crippen molar-refractivity contribution in [1.29, 1.82) is 5.26 Å². The Labute approximate surface area is 135 Å². The number of benzene rings is 1. The van der Waals surface area contributed by atoms with E-state index in [9.17, 15) is 14.9 Å². The van der Waals surface area contributed by atoms with E-state index in [1.807, 2.05) is 6.07 Å². The van der Waals surface area contributed by atoms with Crippen LogP contribution in [0.5, 0.6) is 5.75 Å². The Hall–Kier alpha value is -2.53. The highest BCUT2D eigenvalue weighted by Gasteiger charge is 2.18. The molecule has 0 spiro atoms. The summed E-state index contributed by atoms with van der Waals surface area (Å²) in [5.41, 5.74) is 0.273. The lowest BCUT2D eigenvalue weighted by molar-refractivity contribution is -0.138. The number of methoxy groups -OCH3 is 3.